The number of rotatable bonds is 7. The van der Waals surface area contributed by atoms with Crippen LogP contribution in [0.25, 0.3) is 5.52 Å². The van der Waals surface area contributed by atoms with Crippen LogP contribution in [0.15, 0.2) is 42.6 Å². The van der Waals surface area contributed by atoms with Gasteiger partial charge in [-0.3, -0.25) is 14.0 Å². The third kappa shape index (κ3) is 4.31. The van der Waals surface area contributed by atoms with Crippen LogP contribution in [0.5, 0.6) is 0 Å². The molecule has 0 aliphatic rings. The molecule has 3 aromatic rings. The molecule has 2 aromatic heterocycles. The normalized spacial score (nSPS) is 10.9. The second-order valence-corrected chi connectivity index (χ2v) is 7.29. The van der Waals surface area contributed by atoms with Crippen LogP contribution in [0.4, 0.5) is 5.69 Å². The Labute approximate surface area is 171 Å². The van der Waals surface area contributed by atoms with Crippen molar-refractivity contribution in [2.75, 3.05) is 18.4 Å². The molecule has 0 unspecified atom stereocenters. The minimum Gasteiger partial charge on any atom is -0.337 e. The molecule has 0 spiro atoms. The summed E-state index contributed by atoms with van der Waals surface area (Å²) in [5, 5.41) is 2.90. The number of anilines is 1. The molecule has 0 fully saturated rings. The molecular formula is C23H28N4O2. The summed E-state index contributed by atoms with van der Waals surface area (Å²) in [5.41, 5.74) is 3.92. The number of hydrogen-bond acceptors (Lipinski definition) is 3. The Kier molecular flexibility index (Phi) is 6.32. The summed E-state index contributed by atoms with van der Waals surface area (Å²) in [4.78, 5) is 32.4. The van der Waals surface area contributed by atoms with Gasteiger partial charge in [0, 0.05) is 25.0 Å². The topological polar surface area (TPSA) is 66.7 Å². The predicted molar refractivity (Wildman–Crippen MR) is 116 cm³/mol. The first-order chi connectivity index (χ1) is 14.0. The van der Waals surface area contributed by atoms with Gasteiger partial charge in [0.1, 0.15) is 0 Å². The molecule has 0 aliphatic heterocycles. The van der Waals surface area contributed by atoms with E-state index in [-0.39, 0.29) is 17.6 Å². The molecule has 0 saturated heterocycles. The number of fused-ring (bicyclic) bond motifs is 1. The molecule has 6 nitrogen and oxygen atoms in total. The number of benzene rings is 1. The van der Waals surface area contributed by atoms with E-state index in [4.69, 9.17) is 0 Å². The van der Waals surface area contributed by atoms with Gasteiger partial charge in [0.15, 0.2) is 5.69 Å². The molecule has 2 heterocycles. The number of aromatic nitrogens is 2. The van der Waals surface area contributed by atoms with Crippen LogP contribution in [0.1, 0.15) is 58.9 Å². The molecular weight excluding hydrogens is 364 g/mol. The highest BCUT2D eigenvalue weighted by atomic mass is 16.2. The van der Waals surface area contributed by atoms with Crippen LogP contribution in [-0.2, 0) is 0 Å². The van der Waals surface area contributed by atoms with E-state index in [1.165, 1.54) is 0 Å². The largest absolute Gasteiger partial charge is 0.337 e. The molecule has 29 heavy (non-hydrogen) atoms. The predicted octanol–water partition coefficient (Wildman–Crippen LogP) is 4.47. The van der Waals surface area contributed by atoms with E-state index in [1.54, 1.807) is 15.5 Å². The van der Waals surface area contributed by atoms with E-state index in [9.17, 15) is 9.59 Å². The first-order valence-electron chi connectivity index (χ1n) is 10.1. The van der Waals surface area contributed by atoms with Crippen LogP contribution >= 0.6 is 0 Å². The first-order valence-corrected chi connectivity index (χ1v) is 10.1. The van der Waals surface area contributed by atoms with Crippen LogP contribution in [0.3, 0.4) is 0 Å². The van der Waals surface area contributed by atoms with Gasteiger partial charge in [0.05, 0.1) is 5.52 Å². The van der Waals surface area contributed by atoms with Gasteiger partial charge in [-0.05, 0) is 62.1 Å². The molecule has 152 valence electrons. The molecule has 3 rings (SSSR count). The van der Waals surface area contributed by atoms with E-state index in [0.29, 0.717) is 30.0 Å². The maximum Gasteiger partial charge on any atom is 0.292 e. The van der Waals surface area contributed by atoms with Crippen LogP contribution in [-0.4, -0.2) is 39.2 Å². The highest BCUT2D eigenvalue weighted by Gasteiger charge is 2.24. The summed E-state index contributed by atoms with van der Waals surface area (Å²) in [7, 11) is 0. The van der Waals surface area contributed by atoms with Crippen molar-refractivity contribution in [3.05, 3.63) is 65.2 Å². The first kappa shape index (κ1) is 20.6. The van der Waals surface area contributed by atoms with E-state index >= 15 is 0 Å². The number of carbonyl (C=O) groups is 2. The Balaban J connectivity index is 1.97. The molecule has 0 radical (unpaired) electrons. The molecule has 1 aromatic carbocycles. The van der Waals surface area contributed by atoms with Crippen LogP contribution < -0.4 is 5.32 Å². The maximum absolute atomic E-state index is 13.1. The summed E-state index contributed by atoms with van der Waals surface area (Å²) in [6.45, 7) is 9.46. The number of carbonyl (C=O) groups excluding carboxylic acids is 2. The molecule has 1 N–H and O–H groups in total. The standard InChI is InChI=1S/C23H28N4O2/c1-5-12-26(13-6-2)23(29)20-19-9-7-8-14-27(19)21(25-20)22(28)24-18-11-10-16(3)17(4)15-18/h7-11,14-15H,5-6,12-13H2,1-4H3,(H,24,28). The number of amides is 2. The van der Waals surface area contributed by atoms with E-state index < -0.39 is 0 Å². The number of imidazole rings is 1. The molecule has 2 amide bonds. The van der Waals surface area contributed by atoms with Gasteiger partial charge in [0.2, 0.25) is 5.82 Å². The summed E-state index contributed by atoms with van der Waals surface area (Å²) in [6, 6.07) is 11.3. The summed E-state index contributed by atoms with van der Waals surface area (Å²) in [6.07, 6.45) is 3.51. The van der Waals surface area contributed by atoms with Crippen molar-refractivity contribution in [2.45, 2.75) is 40.5 Å². The zero-order valence-electron chi connectivity index (χ0n) is 17.5. The fourth-order valence-corrected chi connectivity index (χ4v) is 3.37. The quantitative estimate of drug-likeness (QED) is 0.645. The zero-order chi connectivity index (χ0) is 21.0. The Morgan fingerprint density at radius 2 is 1.76 bits per heavy atom. The second kappa shape index (κ2) is 8.90. The van der Waals surface area contributed by atoms with Gasteiger partial charge in [-0.2, -0.15) is 0 Å². The summed E-state index contributed by atoms with van der Waals surface area (Å²) >= 11 is 0. The fraction of sp³-hybridized carbons (Fsp3) is 0.348. The van der Waals surface area contributed by atoms with Crippen molar-refractivity contribution in [3.8, 4) is 0 Å². The zero-order valence-corrected chi connectivity index (χ0v) is 17.5. The molecule has 0 aliphatic carbocycles. The van der Waals surface area contributed by atoms with Crippen molar-refractivity contribution in [1.82, 2.24) is 14.3 Å². The van der Waals surface area contributed by atoms with Gasteiger partial charge >= 0.3 is 0 Å². The van der Waals surface area contributed by atoms with Gasteiger partial charge < -0.3 is 10.2 Å². The summed E-state index contributed by atoms with van der Waals surface area (Å²) < 4.78 is 1.68. The van der Waals surface area contributed by atoms with Crippen LogP contribution in [0, 0.1) is 13.8 Å². The smallest absolute Gasteiger partial charge is 0.292 e. The fourth-order valence-electron chi connectivity index (χ4n) is 3.37. The molecule has 0 bridgehead atoms. The lowest BCUT2D eigenvalue weighted by Gasteiger charge is -2.20. The molecule has 0 atom stereocenters. The van der Waals surface area contributed by atoms with E-state index in [1.807, 2.05) is 64.1 Å². The Morgan fingerprint density at radius 3 is 2.41 bits per heavy atom. The lowest BCUT2D eigenvalue weighted by molar-refractivity contribution is 0.0752. The Morgan fingerprint density at radius 1 is 1.03 bits per heavy atom. The highest BCUT2D eigenvalue weighted by molar-refractivity contribution is 6.06. The van der Waals surface area contributed by atoms with Gasteiger partial charge in [-0.1, -0.05) is 26.0 Å². The van der Waals surface area contributed by atoms with Crippen molar-refractivity contribution in [2.24, 2.45) is 0 Å². The van der Waals surface area contributed by atoms with Crippen LogP contribution in [0.2, 0.25) is 0 Å². The minimum atomic E-state index is -0.342. The number of hydrogen-bond donors (Lipinski definition) is 1. The van der Waals surface area contributed by atoms with Gasteiger partial charge in [-0.15, -0.1) is 0 Å². The molecule has 6 heteroatoms. The third-order valence-electron chi connectivity index (χ3n) is 4.99. The molecule has 0 saturated carbocycles. The number of nitrogens with one attached hydrogen (secondary N) is 1. The lowest BCUT2D eigenvalue weighted by atomic mass is 10.1. The van der Waals surface area contributed by atoms with Crippen molar-refractivity contribution < 1.29 is 9.59 Å². The maximum atomic E-state index is 13.1. The highest BCUT2D eigenvalue weighted by Crippen LogP contribution is 2.19. The number of pyridine rings is 1. The van der Waals surface area contributed by atoms with Gasteiger partial charge in [0.25, 0.3) is 11.8 Å². The van der Waals surface area contributed by atoms with E-state index in [0.717, 1.165) is 24.0 Å². The Bertz CT molecular complexity index is 1030. The van der Waals surface area contributed by atoms with Crippen molar-refractivity contribution in [3.63, 3.8) is 0 Å². The SMILES string of the molecule is CCCN(CCC)C(=O)c1nc(C(=O)Nc2ccc(C)c(C)c2)n2ccccc12. The number of nitrogens with zero attached hydrogens (tertiary/aromatic N) is 3. The summed E-state index contributed by atoms with van der Waals surface area (Å²) in [5.74, 6) is -0.274. The average Bonchev–Trinajstić information content (AvgIpc) is 3.10. The average molecular weight is 393 g/mol. The van der Waals surface area contributed by atoms with E-state index in [2.05, 4.69) is 10.3 Å². The van der Waals surface area contributed by atoms with Crippen molar-refractivity contribution in [1.29, 1.82) is 0 Å². The Hall–Kier alpha value is -3.15. The number of aryl methyl sites for hydroxylation is 2. The third-order valence-corrected chi connectivity index (χ3v) is 4.99. The second-order valence-electron chi connectivity index (χ2n) is 7.29. The van der Waals surface area contributed by atoms with Crippen molar-refractivity contribution >= 4 is 23.0 Å². The lowest BCUT2D eigenvalue weighted by Crippen LogP contribution is -2.33. The minimum absolute atomic E-state index is 0.136. The van der Waals surface area contributed by atoms with Gasteiger partial charge in [-0.25, -0.2) is 4.98 Å². The monoisotopic (exact) mass is 392 g/mol.